The van der Waals surface area contributed by atoms with Crippen molar-refractivity contribution < 1.29 is 9.84 Å². The molecule has 0 aliphatic heterocycles. The molecule has 0 spiro atoms. The van der Waals surface area contributed by atoms with Gasteiger partial charge in [-0.05, 0) is 36.6 Å². The summed E-state index contributed by atoms with van der Waals surface area (Å²) in [5.74, 6) is 2.01. The number of aliphatic imine (C=N–C) groups is 1. The first-order valence-corrected chi connectivity index (χ1v) is 8.40. The first kappa shape index (κ1) is 22.1. The number of hydrogen-bond donors (Lipinski definition) is 3. The Balaban J connectivity index is 0.00000338. The van der Waals surface area contributed by atoms with E-state index < -0.39 is 0 Å². The summed E-state index contributed by atoms with van der Waals surface area (Å²) >= 11 is 0. The average molecular weight is 469 g/mol. The summed E-state index contributed by atoms with van der Waals surface area (Å²) in [4.78, 5) is 4.24. The van der Waals surface area contributed by atoms with Crippen LogP contribution >= 0.6 is 24.0 Å². The summed E-state index contributed by atoms with van der Waals surface area (Å²) in [6.45, 7) is 5.52. The van der Waals surface area contributed by atoms with Crippen molar-refractivity contribution in [1.29, 1.82) is 0 Å². The number of phenolic OH excluding ortho intramolecular Hbond substituents is 1. The second-order valence-electron chi connectivity index (χ2n) is 6.12. The SMILES string of the molecule is CN=C(NCc1cc(OC)ccc1O)NCC(C)c1cccc(C)c1.I. The number of ether oxygens (including phenoxy) is 1. The predicted octanol–water partition coefficient (Wildman–Crippen LogP) is 3.80. The maximum atomic E-state index is 9.95. The smallest absolute Gasteiger partial charge is 0.191 e. The quantitative estimate of drug-likeness (QED) is 0.342. The molecule has 3 N–H and O–H groups in total. The first-order valence-electron chi connectivity index (χ1n) is 8.40. The third-order valence-electron chi connectivity index (χ3n) is 4.14. The van der Waals surface area contributed by atoms with E-state index in [9.17, 15) is 5.11 Å². The topological polar surface area (TPSA) is 65.9 Å². The molecule has 1 unspecified atom stereocenters. The minimum atomic E-state index is 0. The molecule has 0 aromatic heterocycles. The molecule has 6 heteroatoms. The molecule has 2 aromatic carbocycles. The van der Waals surface area contributed by atoms with Crippen LogP contribution in [0.3, 0.4) is 0 Å². The lowest BCUT2D eigenvalue weighted by molar-refractivity contribution is 0.410. The Morgan fingerprint density at radius 1 is 1.19 bits per heavy atom. The van der Waals surface area contributed by atoms with E-state index in [0.717, 1.165) is 12.1 Å². The highest BCUT2D eigenvalue weighted by molar-refractivity contribution is 14.0. The lowest BCUT2D eigenvalue weighted by Gasteiger charge is -2.17. The monoisotopic (exact) mass is 469 g/mol. The summed E-state index contributed by atoms with van der Waals surface area (Å²) in [5.41, 5.74) is 3.32. The molecule has 0 fully saturated rings. The minimum absolute atomic E-state index is 0. The van der Waals surface area contributed by atoms with E-state index in [2.05, 4.69) is 53.7 Å². The molecule has 0 radical (unpaired) electrons. The van der Waals surface area contributed by atoms with Gasteiger partial charge in [0.25, 0.3) is 0 Å². The van der Waals surface area contributed by atoms with Crippen LogP contribution < -0.4 is 15.4 Å². The number of hydrogen-bond acceptors (Lipinski definition) is 3. The van der Waals surface area contributed by atoms with Crippen LogP contribution in [0.1, 0.15) is 29.5 Å². The van der Waals surface area contributed by atoms with Gasteiger partial charge in [0, 0.05) is 25.7 Å². The summed E-state index contributed by atoms with van der Waals surface area (Å²) in [5, 5.41) is 16.5. The van der Waals surface area contributed by atoms with Crippen LogP contribution in [-0.2, 0) is 6.54 Å². The Kier molecular flexibility index (Phi) is 9.26. The average Bonchev–Trinajstić information content (AvgIpc) is 2.62. The number of phenols is 1. The molecule has 0 saturated carbocycles. The van der Waals surface area contributed by atoms with Gasteiger partial charge in [-0.15, -0.1) is 24.0 Å². The van der Waals surface area contributed by atoms with Gasteiger partial charge in [0.1, 0.15) is 11.5 Å². The van der Waals surface area contributed by atoms with Crippen molar-refractivity contribution in [2.45, 2.75) is 26.3 Å². The number of benzene rings is 2. The van der Waals surface area contributed by atoms with Crippen LogP contribution in [0.25, 0.3) is 0 Å². The Labute approximate surface area is 172 Å². The summed E-state index contributed by atoms with van der Waals surface area (Å²) in [6, 6.07) is 13.7. The van der Waals surface area contributed by atoms with Gasteiger partial charge < -0.3 is 20.5 Å². The second-order valence-corrected chi connectivity index (χ2v) is 6.12. The highest BCUT2D eigenvalue weighted by atomic mass is 127. The Hall–Kier alpha value is -1.96. The number of aryl methyl sites for hydroxylation is 1. The molecular formula is C20H28IN3O2. The zero-order chi connectivity index (χ0) is 18.2. The molecule has 0 aliphatic rings. The molecule has 0 saturated heterocycles. The van der Waals surface area contributed by atoms with E-state index in [-0.39, 0.29) is 29.7 Å². The molecule has 2 rings (SSSR count). The zero-order valence-electron chi connectivity index (χ0n) is 15.7. The fourth-order valence-electron chi connectivity index (χ4n) is 2.57. The van der Waals surface area contributed by atoms with Crippen molar-refractivity contribution in [3.05, 3.63) is 59.2 Å². The third kappa shape index (κ3) is 6.40. The van der Waals surface area contributed by atoms with Crippen molar-refractivity contribution >= 4 is 29.9 Å². The van der Waals surface area contributed by atoms with Crippen LogP contribution in [0.2, 0.25) is 0 Å². The second kappa shape index (κ2) is 10.9. The van der Waals surface area contributed by atoms with Crippen molar-refractivity contribution in [2.24, 2.45) is 4.99 Å². The van der Waals surface area contributed by atoms with Crippen molar-refractivity contribution in [3.8, 4) is 11.5 Å². The highest BCUT2D eigenvalue weighted by Crippen LogP contribution is 2.22. The molecule has 1 atom stereocenters. The first-order chi connectivity index (χ1) is 12.0. The van der Waals surface area contributed by atoms with Gasteiger partial charge >= 0.3 is 0 Å². The number of nitrogens with one attached hydrogen (secondary N) is 2. The molecular weight excluding hydrogens is 441 g/mol. The number of halogens is 1. The lowest BCUT2D eigenvalue weighted by atomic mass is 9.99. The maximum absolute atomic E-state index is 9.95. The molecule has 5 nitrogen and oxygen atoms in total. The largest absolute Gasteiger partial charge is 0.508 e. The van der Waals surface area contributed by atoms with Gasteiger partial charge in [0.15, 0.2) is 5.96 Å². The predicted molar refractivity (Wildman–Crippen MR) is 118 cm³/mol. The minimum Gasteiger partial charge on any atom is -0.508 e. The van der Waals surface area contributed by atoms with Crippen molar-refractivity contribution in [1.82, 2.24) is 10.6 Å². The van der Waals surface area contributed by atoms with Gasteiger partial charge in [-0.25, -0.2) is 0 Å². The Bertz CT molecular complexity index is 735. The van der Waals surface area contributed by atoms with Crippen LogP contribution in [0.15, 0.2) is 47.5 Å². The van der Waals surface area contributed by atoms with Gasteiger partial charge in [-0.3, -0.25) is 4.99 Å². The standard InChI is InChI=1S/C20H27N3O2.HI/c1-14-6-5-7-16(10-14)15(2)12-22-20(21-3)23-13-17-11-18(25-4)8-9-19(17)24;/h5-11,15,24H,12-13H2,1-4H3,(H2,21,22,23);1H. The molecule has 0 heterocycles. The van der Waals surface area contributed by atoms with E-state index >= 15 is 0 Å². The zero-order valence-corrected chi connectivity index (χ0v) is 18.1. The van der Waals surface area contributed by atoms with Gasteiger partial charge in [-0.2, -0.15) is 0 Å². The van der Waals surface area contributed by atoms with Crippen LogP contribution in [0.5, 0.6) is 11.5 Å². The number of nitrogens with zero attached hydrogens (tertiary/aromatic N) is 1. The Morgan fingerprint density at radius 2 is 1.96 bits per heavy atom. The summed E-state index contributed by atoms with van der Waals surface area (Å²) in [6.07, 6.45) is 0. The van der Waals surface area contributed by atoms with E-state index in [0.29, 0.717) is 24.2 Å². The van der Waals surface area contributed by atoms with Crippen LogP contribution in [0, 0.1) is 6.92 Å². The molecule has 142 valence electrons. The number of rotatable bonds is 6. The van der Waals surface area contributed by atoms with Crippen molar-refractivity contribution in [2.75, 3.05) is 20.7 Å². The van der Waals surface area contributed by atoms with E-state index in [1.807, 2.05) is 6.07 Å². The molecule has 26 heavy (non-hydrogen) atoms. The van der Waals surface area contributed by atoms with Gasteiger partial charge in [-0.1, -0.05) is 36.8 Å². The van der Waals surface area contributed by atoms with Gasteiger partial charge in [0.05, 0.1) is 7.11 Å². The van der Waals surface area contributed by atoms with Gasteiger partial charge in [0.2, 0.25) is 0 Å². The fourth-order valence-corrected chi connectivity index (χ4v) is 2.57. The van der Waals surface area contributed by atoms with Crippen LogP contribution in [0.4, 0.5) is 0 Å². The maximum Gasteiger partial charge on any atom is 0.191 e. The van der Waals surface area contributed by atoms with E-state index in [1.54, 1.807) is 26.3 Å². The normalized spacial score (nSPS) is 12.1. The molecule has 0 amide bonds. The third-order valence-corrected chi connectivity index (χ3v) is 4.14. The fraction of sp³-hybridized carbons (Fsp3) is 0.350. The summed E-state index contributed by atoms with van der Waals surface area (Å²) in [7, 11) is 3.34. The van der Waals surface area contributed by atoms with Crippen molar-refractivity contribution in [3.63, 3.8) is 0 Å². The van der Waals surface area contributed by atoms with E-state index in [1.165, 1.54) is 11.1 Å². The lowest BCUT2D eigenvalue weighted by Crippen LogP contribution is -2.38. The molecule has 0 aliphatic carbocycles. The summed E-state index contributed by atoms with van der Waals surface area (Å²) < 4.78 is 5.20. The molecule has 2 aromatic rings. The number of guanidine groups is 1. The highest BCUT2D eigenvalue weighted by Gasteiger charge is 2.08. The molecule has 0 bridgehead atoms. The number of aromatic hydroxyl groups is 1. The van der Waals surface area contributed by atoms with E-state index in [4.69, 9.17) is 4.74 Å². The Morgan fingerprint density at radius 3 is 2.62 bits per heavy atom. The number of methoxy groups -OCH3 is 1. The van der Waals surface area contributed by atoms with Crippen LogP contribution in [-0.4, -0.2) is 31.8 Å².